The number of quaternary nitrogens is 1. The number of hydrogen-bond donors (Lipinski definition) is 2. The van der Waals surface area contributed by atoms with E-state index in [0.717, 1.165) is 19.7 Å². The average Bonchev–Trinajstić information content (AvgIpc) is 3.07. The number of carbonyl (C=O) groups excluding carboxylic acids is 1. The van der Waals surface area contributed by atoms with Crippen molar-refractivity contribution in [3.8, 4) is 5.75 Å². The van der Waals surface area contributed by atoms with E-state index in [9.17, 15) is 4.79 Å². The number of anilines is 1. The summed E-state index contributed by atoms with van der Waals surface area (Å²) in [4.78, 5) is 15.4. The number of hydrogen-bond acceptors (Lipinski definition) is 3. The summed E-state index contributed by atoms with van der Waals surface area (Å²) in [5.41, 5.74) is 1.69. The number of methoxy groups -OCH3 is 1. The predicted octanol–water partition coefficient (Wildman–Crippen LogP) is 3.80. The van der Waals surface area contributed by atoms with Crippen LogP contribution in [0, 0.1) is 0 Å². The van der Waals surface area contributed by atoms with Gasteiger partial charge in [0.15, 0.2) is 6.04 Å². The normalized spacial score (nSPS) is 13.0. The Morgan fingerprint density at radius 2 is 1.93 bits per heavy atom. The maximum absolute atomic E-state index is 13.2. The molecule has 0 aliphatic heterocycles. The highest BCUT2D eigenvalue weighted by atomic mass is 35.5. The Hall–Kier alpha value is -2.34. The van der Waals surface area contributed by atoms with Gasteiger partial charge in [-0.15, -0.1) is 11.3 Å². The van der Waals surface area contributed by atoms with Crippen LogP contribution < -0.4 is 15.0 Å². The van der Waals surface area contributed by atoms with Gasteiger partial charge in [0.05, 0.1) is 23.4 Å². The third-order valence-electron chi connectivity index (χ3n) is 4.31. The Bertz CT molecular complexity index is 898. The summed E-state index contributed by atoms with van der Waals surface area (Å²) in [6.45, 7) is 0.711. The van der Waals surface area contributed by atoms with Gasteiger partial charge in [0.2, 0.25) is 0 Å². The molecule has 0 bridgehead atoms. The zero-order chi connectivity index (χ0) is 19.2. The Balaban J connectivity index is 1.83. The Labute approximate surface area is 168 Å². The summed E-state index contributed by atoms with van der Waals surface area (Å²) in [6, 6.07) is 20.8. The van der Waals surface area contributed by atoms with E-state index < -0.39 is 0 Å². The van der Waals surface area contributed by atoms with Crippen LogP contribution in [-0.2, 0) is 11.3 Å². The van der Waals surface area contributed by atoms with Gasteiger partial charge >= 0.3 is 0 Å². The first-order chi connectivity index (χ1) is 13.1. The molecule has 2 atom stereocenters. The van der Waals surface area contributed by atoms with Crippen molar-refractivity contribution in [3.63, 3.8) is 0 Å². The fourth-order valence-electron chi connectivity index (χ4n) is 3.04. The predicted molar refractivity (Wildman–Crippen MR) is 111 cm³/mol. The van der Waals surface area contributed by atoms with Crippen molar-refractivity contribution in [1.29, 1.82) is 0 Å². The summed E-state index contributed by atoms with van der Waals surface area (Å²) >= 11 is 7.60. The fraction of sp³-hybridized carbons (Fsp3) is 0.190. The van der Waals surface area contributed by atoms with E-state index in [2.05, 4.69) is 5.32 Å². The molecule has 3 rings (SSSR count). The van der Waals surface area contributed by atoms with Crippen LogP contribution in [0.1, 0.15) is 16.5 Å². The SMILES string of the molecule is COc1cccc(NC(=O)[C@H](c2ccccc2)[NH+](C)Cc2ccc(Cl)s2)c1. The molecule has 6 heteroatoms. The van der Waals surface area contributed by atoms with E-state index in [1.807, 2.05) is 73.8 Å². The van der Waals surface area contributed by atoms with Crippen LogP contribution in [0.25, 0.3) is 0 Å². The second kappa shape index (κ2) is 9.04. The maximum Gasteiger partial charge on any atom is 0.287 e. The topological polar surface area (TPSA) is 42.8 Å². The Kier molecular flexibility index (Phi) is 6.50. The zero-order valence-corrected chi connectivity index (χ0v) is 16.8. The molecule has 27 heavy (non-hydrogen) atoms. The van der Waals surface area contributed by atoms with Gasteiger partial charge in [-0.25, -0.2) is 0 Å². The third-order valence-corrected chi connectivity index (χ3v) is 5.54. The number of likely N-dealkylation sites (N-methyl/N-ethyl adjacent to an activating group) is 1. The van der Waals surface area contributed by atoms with Gasteiger partial charge in [-0.1, -0.05) is 48.0 Å². The van der Waals surface area contributed by atoms with Crippen LogP contribution in [-0.4, -0.2) is 20.1 Å². The van der Waals surface area contributed by atoms with Gasteiger partial charge in [-0.05, 0) is 24.3 Å². The molecule has 0 aliphatic rings. The molecule has 3 aromatic rings. The number of thiophene rings is 1. The first-order valence-corrected chi connectivity index (χ1v) is 9.82. The minimum atomic E-state index is -0.349. The minimum absolute atomic E-state index is 0.0605. The fourth-order valence-corrected chi connectivity index (χ4v) is 4.23. The number of carbonyl (C=O) groups is 1. The second-order valence-corrected chi connectivity index (χ2v) is 8.09. The van der Waals surface area contributed by atoms with Crippen molar-refractivity contribution in [2.24, 2.45) is 0 Å². The maximum atomic E-state index is 13.2. The van der Waals surface area contributed by atoms with Gasteiger partial charge in [0.25, 0.3) is 5.91 Å². The van der Waals surface area contributed by atoms with E-state index >= 15 is 0 Å². The Morgan fingerprint density at radius 3 is 2.59 bits per heavy atom. The van der Waals surface area contributed by atoms with Crippen LogP contribution >= 0.6 is 22.9 Å². The highest BCUT2D eigenvalue weighted by Gasteiger charge is 2.29. The van der Waals surface area contributed by atoms with Gasteiger partial charge < -0.3 is 15.0 Å². The van der Waals surface area contributed by atoms with Crippen molar-refractivity contribution in [3.05, 3.63) is 81.5 Å². The molecule has 1 aromatic heterocycles. The monoisotopic (exact) mass is 401 g/mol. The number of amides is 1. The van der Waals surface area contributed by atoms with Gasteiger partial charge in [-0.2, -0.15) is 0 Å². The van der Waals surface area contributed by atoms with Crippen LogP contribution in [0.2, 0.25) is 4.34 Å². The van der Waals surface area contributed by atoms with Gasteiger partial charge in [-0.3, -0.25) is 4.79 Å². The van der Waals surface area contributed by atoms with E-state index in [1.54, 1.807) is 18.4 Å². The molecule has 2 aromatic carbocycles. The molecule has 0 radical (unpaired) electrons. The second-order valence-electron chi connectivity index (χ2n) is 6.29. The lowest BCUT2D eigenvalue weighted by Crippen LogP contribution is -3.09. The highest BCUT2D eigenvalue weighted by Crippen LogP contribution is 2.22. The smallest absolute Gasteiger partial charge is 0.287 e. The largest absolute Gasteiger partial charge is 0.497 e. The van der Waals surface area contributed by atoms with Crippen molar-refractivity contribution in [1.82, 2.24) is 0 Å². The van der Waals surface area contributed by atoms with Crippen molar-refractivity contribution < 1.29 is 14.4 Å². The van der Waals surface area contributed by atoms with E-state index in [1.165, 1.54) is 0 Å². The molecule has 2 N–H and O–H groups in total. The zero-order valence-electron chi connectivity index (χ0n) is 15.2. The van der Waals surface area contributed by atoms with Crippen molar-refractivity contribution in [2.75, 3.05) is 19.5 Å². The average molecular weight is 402 g/mol. The summed E-state index contributed by atoms with van der Waals surface area (Å²) in [5.74, 6) is 0.646. The van der Waals surface area contributed by atoms with Crippen LogP contribution in [0.5, 0.6) is 5.75 Å². The summed E-state index contributed by atoms with van der Waals surface area (Å²) in [5, 5.41) is 3.02. The minimum Gasteiger partial charge on any atom is -0.497 e. The first-order valence-electron chi connectivity index (χ1n) is 8.63. The third kappa shape index (κ3) is 5.10. The lowest BCUT2D eigenvalue weighted by molar-refractivity contribution is -0.915. The quantitative estimate of drug-likeness (QED) is 0.632. The van der Waals surface area contributed by atoms with Gasteiger partial charge in [0.1, 0.15) is 12.3 Å². The van der Waals surface area contributed by atoms with E-state index in [-0.39, 0.29) is 11.9 Å². The lowest BCUT2D eigenvalue weighted by Gasteiger charge is -2.24. The Morgan fingerprint density at radius 1 is 1.15 bits per heavy atom. The number of ether oxygens (including phenoxy) is 1. The number of benzene rings is 2. The lowest BCUT2D eigenvalue weighted by atomic mass is 10.0. The van der Waals surface area contributed by atoms with Crippen LogP contribution in [0.3, 0.4) is 0 Å². The molecule has 0 spiro atoms. The van der Waals surface area contributed by atoms with Crippen LogP contribution in [0.15, 0.2) is 66.7 Å². The number of nitrogens with one attached hydrogen (secondary N) is 2. The molecule has 0 saturated carbocycles. The standard InChI is InChI=1S/C21H21ClN2O2S/c1-24(14-18-11-12-19(22)27-18)20(15-7-4-3-5-8-15)21(25)23-16-9-6-10-17(13-16)26-2/h3-13,20H,14H2,1-2H3,(H,23,25)/p+1/t20-/m0/s1. The van der Waals surface area contributed by atoms with Crippen molar-refractivity contribution in [2.45, 2.75) is 12.6 Å². The molecule has 140 valence electrons. The van der Waals surface area contributed by atoms with Crippen LogP contribution in [0.4, 0.5) is 5.69 Å². The molecule has 1 heterocycles. The number of halogens is 1. The van der Waals surface area contributed by atoms with E-state index in [4.69, 9.17) is 16.3 Å². The van der Waals surface area contributed by atoms with Crippen molar-refractivity contribution >= 4 is 34.5 Å². The molecular formula is C21H22ClN2O2S+. The molecular weight excluding hydrogens is 380 g/mol. The highest BCUT2D eigenvalue weighted by molar-refractivity contribution is 7.16. The number of rotatable bonds is 7. The summed E-state index contributed by atoms with van der Waals surface area (Å²) in [7, 11) is 3.63. The summed E-state index contributed by atoms with van der Waals surface area (Å²) < 4.78 is 6.00. The first kappa shape index (κ1) is 19.4. The molecule has 0 fully saturated rings. The van der Waals surface area contributed by atoms with E-state index in [0.29, 0.717) is 18.0 Å². The molecule has 4 nitrogen and oxygen atoms in total. The molecule has 0 saturated heterocycles. The molecule has 1 unspecified atom stereocenters. The molecule has 0 aliphatic carbocycles. The molecule has 1 amide bonds. The summed E-state index contributed by atoms with van der Waals surface area (Å²) in [6.07, 6.45) is 0. The van der Waals surface area contributed by atoms with Gasteiger partial charge in [0, 0.05) is 17.3 Å².